The highest BCUT2D eigenvalue weighted by Gasteiger charge is 2.24. The lowest BCUT2D eigenvalue weighted by Crippen LogP contribution is -2.27. The van der Waals surface area contributed by atoms with E-state index in [-0.39, 0.29) is 10.6 Å². The molecular formula is C13H22N2O4S. The average Bonchev–Trinajstić information content (AvgIpc) is 2.83. The van der Waals surface area contributed by atoms with Crippen LogP contribution in [0.1, 0.15) is 43.6 Å². The molecule has 0 unspecified atom stereocenters. The van der Waals surface area contributed by atoms with Crippen LogP contribution in [0.3, 0.4) is 0 Å². The van der Waals surface area contributed by atoms with Gasteiger partial charge in [0.05, 0.1) is 0 Å². The third kappa shape index (κ3) is 3.61. The Kier molecular flexibility index (Phi) is 5.76. The molecule has 20 heavy (non-hydrogen) atoms. The molecular weight excluding hydrogens is 280 g/mol. The molecule has 1 N–H and O–H groups in total. The molecule has 0 radical (unpaired) electrons. The molecule has 1 aromatic rings. The van der Waals surface area contributed by atoms with Gasteiger partial charge in [0.1, 0.15) is 10.6 Å². The summed E-state index contributed by atoms with van der Waals surface area (Å²) < 4.78 is 27.4. The first-order valence-electron chi connectivity index (χ1n) is 6.74. The van der Waals surface area contributed by atoms with Crippen molar-refractivity contribution in [2.75, 3.05) is 13.6 Å². The van der Waals surface area contributed by atoms with Crippen molar-refractivity contribution in [3.63, 3.8) is 0 Å². The minimum Gasteiger partial charge on any atom is -0.477 e. The van der Waals surface area contributed by atoms with Gasteiger partial charge in [0, 0.05) is 26.3 Å². The SMILES string of the molecule is CCCCCN(C)S(=O)(=O)c1cc(C(=O)O)n(CC)c1. The number of aromatic carboxylic acids is 1. The van der Waals surface area contributed by atoms with E-state index in [0.29, 0.717) is 13.1 Å². The van der Waals surface area contributed by atoms with Crippen LogP contribution in [-0.4, -0.2) is 42.0 Å². The van der Waals surface area contributed by atoms with E-state index in [0.717, 1.165) is 19.3 Å². The maximum Gasteiger partial charge on any atom is 0.352 e. The molecule has 0 spiro atoms. The monoisotopic (exact) mass is 302 g/mol. The van der Waals surface area contributed by atoms with Gasteiger partial charge in [-0.25, -0.2) is 17.5 Å². The van der Waals surface area contributed by atoms with E-state index in [1.807, 2.05) is 0 Å². The van der Waals surface area contributed by atoms with Crippen LogP contribution in [0.5, 0.6) is 0 Å². The molecule has 0 aliphatic rings. The third-order valence-corrected chi connectivity index (χ3v) is 5.04. The Labute approximate surface area is 120 Å². The van der Waals surface area contributed by atoms with E-state index in [4.69, 9.17) is 5.11 Å². The lowest BCUT2D eigenvalue weighted by atomic mass is 10.2. The summed E-state index contributed by atoms with van der Waals surface area (Å²) in [4.78, 5) is 11.1. The number of carboxylic acid groups (broad SMARTS) is 1. The van der Waals surface area contributed by atoms with Gasteiger partial charge in [0.25, 0.3) is 0 Å². The van der Waals surface area contributed by atoms with Crippen LogP contribution >= 0.6 is 0 Å². The van der Waals surface area contributed by atoms with Gasteiger partial charge in [-0.05, 0) is 19.4 Å². The number of sulfonamides is 1. The Morgan fingerprint density at radius 1 is 1.35 bits per heavy atom. The zero-order valence-corrected chi connectivity index (χ0v) is 13.0. The number of carboxylic acids is 1. The minimum absolute atomic E-state index is 0.00645. The second-order valence-corrected chi connectivity index (χ2v) is 6.73. The topological polar surface area (TPSA) is 79.6 Å². The summed E-state index contributed by atoms with van der Waals surface area (Å²) in [5.41, 5.74) is -0.00645. The number of unbranched alkanes of at least 4 members (excludes halogenated alkanes) is 2. The minimum atomic E-state index is -3.62. The molecule has 6 nitrogen and oxygen atoms in total. The van der Waals surface area contributed by atoms with Crippen LogP contribution < -0.4 is 0 Å². The Hall–Kier alpha value is -1.34. The molecule has 0 bridgehead atoms. The maximum atomic E-state index is 12.4. The molecule has 0 saturated heterocycles. The smallest absolute Gasteiger partial charge is 0.352 e. The summed E-state index contributed by atoms with van der Waals surface area (Å²) in [5.74, 6) is -1.12. The zero-order valence-electron chi connectivity index (χ0n) is 12.2. The first-order valence-corrected chi connectivity index (χ1v) is 8.18. The molecule has 7 heteroatoms. The van der Waals surface area contributed by atoms with Gasteiger partial charge in [-0.2, -0.15) is 0 Å². The van der Waals surface area contributed by atoms with Crippen LogP contribution in [0.25, 0.3) is 0 Å². The zero-order chi connectivity index (χ0) is 15.3. The van der Waals surface area contributed by atoms with Gasteiger partial charge in [-0.1, -0.05) is 19.8 Å². The molecule has 114 valence electrons. The molecule has 1 rings (SSSR count). The van der Waals surface area contributed by atoms with Gasteiger partial charge in [-0.15, -0.1) is 0 Å². The fourth-order valence-electron chi connectivity index (χ4n) is 1.95. The number of hydrogen-bond donors (Lipinski definition) is 1. The summed E-state index contributed by atoms with van der Waals surface area (Å²) >= 11 is 0. The van der Waals surface area contributed by atoms with Crippen molar-refractivity contribution in [2.24, 2.45) is 0 Å². The van der Waals surface area contributed by atoms with Gasteiger partial charge in [0.15, 0.2) is 0 Å². The highest BCUT2D eigenvalue weighted by molar-refractivity contribution is 7.89. The van der Waals surface area contributed by atoms with Crippen molar-refractivity contribution >= 4 is 16.0 Å². The number of hydrogen-bond acceptors (Lipinski definition) is 3. The van der Waals surface area contributed by atoms with Crippen LogP contribution in [0, 0.1) is 0 Å². The van der Waals surface area contributed by atoms with Crippen molar-refractivity contribution in [3.8, 4) is 0 Å². The standard InChI is InChI=1S/C13H22N2O4S/c1-4-6-7-8-14(3)20(18,19)11-9-12(13(16)17)15(5-2)10-11/h9-10H,4-8H2,1-3H3,(H,16,17). The Morgan fingerprint density at radius 2 is 2.00 bits per heavy atom. The quantitative estimate of drug-likeness (QED) is 0.745. The lowest BCUT2D eigenvalue weighted by molar-refractivity contribution is 0.0685. The van der Waals surface area contributed by atoms with Gasteiger partial charge in [-0.3, -0.25) is 0 Å². The second-order valence-electron chi connectivity index (χ2n) is 4.69. The summed E-state index contributed by atoms with van der Waals surface area (Å²) in [5, 5.41) is 9.06. The molecule has 1 aromatic heterocycles. The largest absolute Gasteiger partial charge is 0.477 e. The Bertz CT molecular complexity index is 563. The third-order valence-electron chi connectivity index (χ3n) is 3.22. The first-order chi connectivity index (χ1) is 9.34. The number of carbonyl (C=O) groups is 1. The fourth-order valence-corrected chi connectivity index (χ4v) is 3.20. The summed E-state index contributed by atoms with van der Waals surface area (Å²) in [6, 6.07) is 1.22. The molecule has 1 heterocycles. The van der Waals surface area contributed by atoms with Crippen molar-refractivity contribution in [3.05, 3.63) is 18.0 Å². The van der Waals surface area contributed by atoms with Crippen LogP contribution in [0.2, 0.25) is 0 Å². The fraction of sp³-hybridized carbons (Fsp3) is 0.615. The van der Waals surface area contributed by atoms with Crippen LogP contribution in [0.4, 0.5) is 0 Å². The lowest BCUT2D eigenvalue weighted by Gasteiger charge is -2.15. The number of rotatable bonds is 8. The number of aromatic nitrogens is 1. The average molecular weight is 302 g/mol. The van der Waals surface area contributed by atoms with Gasteiger partial charge in [0.2, 0.25) is 10.0 Å². The van der Waals surface area contributed by atoms with E-state index in [1.54, 1.807) is 6.92 Å². The number of nitrogens with zero attached hydrogens (tertiary/aromatic N) is 2. The predicted octanol–water partition coefficient (Wildman–Crippen LogP) is 2.02. The normalized spacial score (nSPS) is 12.0. The highest BCUT2D eigenvalue weighted by atomic mass is 32.2. The predicted molar refractivity (Wildman–Crippen MR) is 76.4 cm³/mol. The van der Waals surface area contributed by atoms with E-state index >= 15 is 0 Å². The number of aryl methyl sites for hydroxylation is 1. The first kappa shape index (κ1) is 16.7. The summed E-state index contributed by atoms with van der Waals surface area (Å²) in [6.45, 7) is 4.68. The summed E-state index contributed by atoms with van der Waals surface area (Å²) in [6.07, 6.45) is 4.17. The van der Waals surface area contributed by atoms with E-state index in [9.17, 15) is 13.2 Å². The molecule has 0 aliphatic carbocycles. The molecule has 0 atom stereocenters. The Morgan fingerprint density at radius 3 is 2.45 bits per heavy atom. The van der Waals surface area contributed by atoms with Gasteiger partial charge >= 0.3 is 5.97 Å². The van der Waals surface area contributed by atoms with Crippen LogP contribution in [0.15, 0.2) is 17.2 Å². The van der Waals surface area contributed by atoms with E-state index in [2.05, 4.69) is 6.92 Å². The van der Waals surface area contributed by atoms with E-state index in [1.165, 1.54) is 28.2 Å². The molecule has 0 fully saturated rings. The summed E-state index contributed by atoms with van der Waals surface area (Å²) in [7, 11) is -2.09. The molecule has 0 amide bonds. The molecule has 0 aromatic carbocycles. The maximum absolute atomic E-state index is 12.4. The van der Waals surface area contributed by atoms with E-state index < -0.39 is 16.0 Å². The highest BCUT2D eigenvalue weighted by Crippen LogP contribution is 2.19. The molecule has 0 saturated carbocycles. The van der Waals surface area contributed by atoms with Crippen molar-refractivity contribution in [1.29, 1.82) is 0 Å². The van der Waals surface area contributed by atoms with Crippen molar-refractivity contribution in [1.82, 2.24) is 8.87 Å². The molecule has 0 aliphatic heterocycles. The van der Waals surface area contributed by atoms with Gasteiger partial charge < -0.3 is 9.67 Å². The second kappa shape index (κ2) is 6.90. The van der Waals surface area contributed by atoms with Crippen LogP contribution in [-0.2, 0) is 16.6 Å². The van der Waals surface area contributed by atoms with Crippen molar-refractivity contribution in [2.45, 2.75) is 44.6 Å². The Balaban J connectivity index is 3.00. The van der Waals surface area contributed by atoms with Crippen molar-refractivity contribution < 1.29 is 18.3 Å².